The molecule has 0 fully saturated rings. The molecule has 1 heterocycles. The number of aromatic nitrogens is 2. The van der Waals surface area contributed by atoms with Crippen molar-refractivity contribution in [3.05, 3.63) is 34.1 Å². The summed E-state index contributed by atoms with van der Waals surface area (Å²) < 4.78 is 37.7. The molecule has 0 aliphatic carbocycles. The Morgan fingerprint density at radius 3 is 2.20 bits per heavy atom. The molecule has 82 valence electrons. The molecule has 0 saturated carbocycles. The SMILES string of the molecule is C=CCc1c(Cl)nnc(Cl)c1C(F)(F)F. The Morgan fingerprint density at radius 1 is 1.20 bits per heavy atom. The quantitative estimate of drug-likeness (QED) is 0.757. The number of hydrogen-bond acceptors (Lipinski definition) is 2. The summed E-state index contributed by atoms with van der Waals surface area (Å²) >= 11 is 10.8. The van der Waals surface area contributed by atoms with Crippen molar-refractivity contribution in [3.63, 3.8) is 0 Å². The van der Waals surface area contributed by atoms with E-state index in [-0.39, 0.29) is 17.1 Å². The molecule has 0 aliphatic rings. The average molecular weight is 257 g/mol. The van der Waals surface area contributed by atoms with E-state index in [0.717, 1.165) is 0 Å². The minimum absolute atomic E-state index is 0.0666. The maximum Gasteiger partial charge on any atom is 0.419 e. The zero-order chi connectivity index (χ0) is 11.6. The van der Waals surface area contributed by atoms with Gasteiger partial charge in [-0.2, -0.15) is 13.2 Å². The van der Waals surface area contributed by atoms with Gasteiger partial charge in [-0.3, -0.25) is 0 Å². The monoisotopic (exact) mass is 256 g/mol. The lowest BCUT2D eigenvalue weighted by Gasteiger charge is -2.12. The van der Waals surface area contributed by atoms with Crippen molar-refractivity contribution >= 4 is 23.2 Å². The predicted molar refractivity (Wildman–Crippen MR) is 51.0 cm³/mol. The van der Waals surface area contributed by atoms with Crippen LogP contribution < -0.4 is 0 Å². The van der Waals surface area contributed by atoms with E-state index in [1.165, 1.54) is 6.08 Å². The van der Waals surface area contributed by atoms with Crippen LogP contribution in [0.2, 0.25) is 10.3 Å². The first-order valence-corrected chi connectivity index (χ1v) is 4.52. The van der Waals surface area contributed by atoms with Crippen LogP contribution in [-0.4, -0.2) is 10.2 Å². The summed E-state index contributed by atoms with van der Waals surface area (Å²) in [7, 11) is 0. The van der Waals surface area contributed by atoms with Gasteiger partial charge in [-0.1, -0.05) is 29.3 Å². The molecule has 0 atom stereocenters. The molecule has 0 aromatic carbocycles. The molecule has 0 bridgehead atoms. The Hall–Kier alpha value is -0.810. The first-order valence-electron chi connectivity index (χ1n) is 3.76. The van der Waals surface area contributed by atoms with Gasteiger partial charge in [0.2, 0.25) is 0 Å². The summed E-state index contributed by atoms with van der Waals surface area (Å²) in [5, 5.41) is 5.41. The third kappa shape index (κ3) is 2.60. The lowest BCUT2D eigenvalue weighted by atomic mass is 10.1. The third-order valence-corrected chi connectivity index (χ3v) is 2.18. The van der Waals surface area contributed by atoms with Gasteiger partial charge >= 0.3 is 6.18 Å². The van der Waals surface area contributed by atoms with Gasteiger partial charge < -0.3 is 0 Å². The van der Waals surface area contributed by atoms with Gasteiger partial charge in [0.05, 0.1) is 0 Å². The Kier molecular flexibility index (Phi) is 3.57. The highest BCUT2D eigenvalue weighted by Gasteiger charge is 2.37. The van der Waals surface area contributed by atoms with Crippen LogP contribution in [0, 0.1) is 0 Å². The second-order valence-corrected chi connectivity index (χ2v) is 3.34. The van der Waals surface area contributed by atoms with Crippen molar-refractivity contribution in [3.8, 4) is 0 Å². The standard InChI is InChI=1S/C8H5Cl2F3N2/c1-2-3-4-5(8(11,12)13)7(10)15-14-6(4)9/h2H,1,3H2. The van der Waals surface area contributed by atoms with Crippen LogP contribution in [0.3, 0.4) is 0 Å². The molecule has 2 nitrogen and oxygen atoms in total. The largest absolute Gasteiger partial charge is 0.419 e. The molecule has 0 radical (unpaired) electrons. The molecule has 7 heteroatoms. The molecule has 0 aliphatic heterocycles. The first-order chi connectivity index (χ1) is 6.88. The summed E-state index contributed by atoms with van der Waals surface area (Å²) in [6, 6.07) is 0. The van der Waals surface area contributed by atoms with Gasteiger partial charge in [0.1, 0.15) is 5.56 Å². The maximum atomic E-state index is 12.6. The second kappa shape index (κ2) is 4.37. The number of halogens is 5. The van der Waals surface area contributed by atoms with E-state index in [1.807, 2.05) is 0 Å². The van der Waals surface area contributed by atoms with Crippen LogP contribution in [0.1, 0.15) is 11.1 Å². The second-order valence-electron chi connectivity index (χ2n) is 2.63. The molecular weight excluding hydrogens is 252 g/mol. The zero-order valence-corrected chi connectivity index (χ0v) is 8.79. The topological polar surface area (TPSA) is 25.8 Å². The fourth-order valence-corrected chi connectivity index (χ4v) is 1.51. The van der Waals surface area contributed by atoms with Crippen LogP contribution in [0.15, 0.2) is 12.7 Å². The van der Waals surface area contributed by atoms with E-state index < -0.39 is 16.9 Å². The van der Waals surface area contributed by atoms with Crippen LogP contribution in [-0.2, 0) is 12.6 Å². The molecular formula is C8H5Cl2F3N2. The van der Waals surface area contributed by atoms with Crippen LogP contribution >= 0.6 is 23.2 Å². The van der Waals surface area contributed by atoms with Crippen molar-refractivity contribution in [2.24, 2.45) is 0 Å². The summed E-state index contributed by atoms with van der Waals surface area (Å²) in [6.45, 7) is 3.33. The van der Waals surface area contributed by atoms with E-state index in [4.69, 9.17) is 23.2 Å². The number of rotatable bonds is 2. The average Bonchev–Trinajstić information content (AvgIpc) is 2.09. The highest BCUT2D eigenvalue weighted by atomic mass is 35.5. The summed E-state index contributed by atoms with van der Waals surface area (Å²) in [4.78, 5) is 0. The Morgan fingerprint density at radius 2 is 1.73 bits per heavy atom. The molecule has 1 rings (SSSR count). The fraction of sp³-hybridized carbons (Fsp3) is 0.250. The maximum absolute atomic E-state index is 12.6. The highest BCUT2D eigenvalue weighted by molar-refractivity contribution is 6.32. The van der Waals surface area contributed by atoms with Gasteiger partial charge in [0.25, 0.3) is 0 Å². The molecule has 0 spiro atoms. The molecule has 1 aromatic rings. The lowest BCUT2D eigenvalue weighted by molar-refractivity contribution is -0.138. The normalized spacial score (nSPS) is 11.5. The minimum Gasteiger partial charge on any atom is -0.166 e. The van der Waals surface area contributed by atoms with Crippen molar-refractivity contribution in [1.29, 1.82) is 0 Å². The highest BCUT2D eigenvalue weighted by Crippen LogP contribution is 2.38. The third-order valence-electron chi connectivity index (χ3n) is 1.61. The van der Waals surface area contributed by atoms with Gasteiger partial charge in [-0.25, -0.2) is 0 Å². The molecule has 15 heavy (non-hydrogen) atoms. The Balaban J connectivity index is 3.44. The molecule has 0 amide bonds. The van der Waals surface area contributed by atoms with Crippen molar-refractivity contribution in [1.82, 2.24) is 10.2 Å². The van der Waals surface area contributed by atoms with E-state index in [9.17, 15) is 13.2 Å². The van der Waals surface area contributed by atoms with Gasteiger partial charge in [0, 0.05) is 5.56 Å². The molecule has 0 unspecified atom stereocenters. The van der Waals surface area contributed by atoms with Crippen LogP contribution in [0.25, 0.3) is 0 Å². The number of alkyl halides is 3. The summed E-state index contributed by atoms with van der Waals surface area (Å²) in [5.41, 5.74) is -1.26. The van der Waals surface area contributed by atoms with Gasteiger partial charge in [0.15, 0.2) is 10.3 Å². The number of nitrogens with zero attached hydrogens (tertiary/aromatic N) is 2. The Labute approximate surface area is 93.7 Å². The van der Waals surface area contributed by atoms with Crippen LogP contribution in [0.4, 0.5) is 13.2 Å². The molecule has 1 aromatic heterocycles. The molecule has 0 saturated heterocycles. The zero-order valence-electron chi connectivity index (χ0n) is 7.28. The summed E-state index contributed by atoms with van der Waals surface area (Å²) in [5.74, 6) is 0. The van der Waals surface area contributed by atoms with Gasteiger partial charge in [-0.15, -0.1) is 16.8 Å². The Bertz CT molecular complexity index is 390. The molecule has 0 N–H and O–H groups in total. The van der Waals surface area contributed by atoms with Crippen molar-refractivity contribution in [2.45, 2.75) is 12.6 Å². The fourth-order valence-electron chi connectivity index (χ4n) is 1.04. The van der Waals surface area contributed by atoms with E-state index in [0.29, 0.717) is 0 Å². The van der Waals surface area contributed by atoms with E-state index in [2.05, 4.69) is 16.8 Å². The minimum atomic E-state index is -4.60. The van der Waals surface area contributed by atoms with Crippen molar-refractivity contribution in [2.75, 3.05) is 0 Å². The predicted octanol–water partition coefficient (Wildman–Crippen LogP) is 3.53. The first kappa shape index (κ1) is 12.3. The smallest absolute Gasteiger partial charge is 0.166 e. The van der Waals surface area contributed by atoms with Crippen molar-refractivity contribution < 1.29 is 13.2 Å². The van der Waals surface area contributed by atoms with E-state index in [1.54, 1.807) is 0 Å². The van der Waals surface area contributed by atoms with Crippen LogP contribution in [0.5, 0.6) is 0 Å². The van der Waals surface area contributed by atoms with E-state index >= 15 is 0 Å². The summed E-state index contributed by atoms with van der Waals surface area (Å²) in [6.07, 6.45) is -3.38. The number of allylic oxidation sites excluding steroid dienone is 1. The lowest BCUT2D eigenvalue weighted by Crippen LogP contribution is -2.12. The number of hydrogen-bond donors (Lipinski definition) is 0. The van der Waals surface area contributed by atoms with Gasteiger partial charge in [-0.05, 0) is 6.42 Å².